The largest absolute Gasteiger partial charge is 0.289 e. The van der Waals surface area contributed by atoms with Gasteiger partial charge in [0, 0.05) is 28.1 Å². The highest BCUT2D eigenvalue weighted by atomic mass is 127. The number of carbonyl (C=O) groups is 1. The molecule has 3 aromatic carbocycles. The summed E-state index contributed by atoms with van der Waals surface area (Å²) < 4.78 is 2.05. The van der Waals surface area contributed by atoms with Gasteiger partial charge in [0.15, 0.2) is 5.78 Å². The maximum Gasteiger partial charge on any atom is 0.194 e. The summed E-state index contributed by atoms with van der Waals surface area (Å²) in [6.45, 7) is 0. The van der Waals surface area contributed by atoms with E-state index in [9.17, 15) is 4.79 Å². The van der Waals surface area contributed by atoms with Crippen LogP contribution in [0, 0.1) is 7.14 Å². The Morgan fingerprint density at radius 1 is 0.783 bits per heavy atom. The van der Waals surface area contributed by atoms with Gasteiger partial charge in [-0.05, 0) is 99.8 Å². The zero-order valence-electron chi connectivity index (χ0n) is 12.0. The summed E-state index contributed by atoms with van der Waals surface area (Å²) in [5.74, 6) is 0.0733. The minimum Gasteiger partial charge on any atom is -0.289 e. The monoisotopic (exact) mass is 542 g/mol. The van der Waals surface area contributed by atoms with Crippen LogP contribution in [0.3, 0.4) is 0 Å². The summed E-state index contributed by atoms with van der Waals surface area (Å²) in [5.41, 5.74) is 1.49. The highest BCUT2D eigenvalue weighted by Crippen LogP contribution is 2.28. The second-order valence-corrected chi connectivity index (χ2v) is 8.45. The Kier molecular flexibility index (Phi) is 5.76. The Balaban J connectivity index is 1.82. The van der Waals surface area contributed by atoms with Gasteiger partial charge in [0.05, 0.1) is 0 Å². The fourth-order valence-electron chi connectivity index (χ4n) is 2.13. The molecule has 23 heavy (non-hydrogen) atoms. The van der Waals surface area contributed by atoms with Crippen LogP contribution in [0.1, 0.15) is 15.9 Å². The first-order valence-corrected chi connectivity index (χ1v) is 9.93. The van der Waals surface area contributed by atoms with Gasteiger partial charge < -0.3 is 0 Å². The molecule has 114 valence electrons. The van der Waals surface area contributed by atoms with E-state index >= 15 is 0 Å². The SMILES string of the molecule is O=C(c1ccc(Sc2ccccc2)cc1)c1cc(I)ccc1I. The molecular formula is C19H12I2OS. The number of hydrogen-bond acceptors (Lipinski definition) is 2. The predicted octanol–water partition coefficient (Wildman–Crippen LogP) is 6.28. The number of carbonyl (C=O) groups excluding carboxylic acids is 1. The molecular weight excluding hydrogens is 530 g/mol. The van der Waals surface area contributed by atoms with Gasteiger partial charge in [0.2, 0.25) is 0 Å². The normalized spacial score (nSPS) is 10.5. The van der Waals surface area contributed by atoms with E-state index in [2.05, 4.69) is 57.3 Å². The summed E-state index contributed by atoms with van der Waals surface area (Å²) in [6.07, 6.45) is 0. The lowest BCUT2D eigenvalue weighted by molar-refractivity contribution is 0.103. The lowest BCUT2D eigenvalue weighted by Crippen LogP contribution is -2.04. The molecule has 0 aliphatic rings. The molecule has 0 bridgehead atoms. The summed E-state index contributed by atoms with van der Waals surface area (Å²) in [5, 5.41) is 0. The molecule has 3 rings (SSSR count). The molecule has 0 heterocycles. The van der Waals surface area contributed by atoms with Gasteiger partial charge in [-0.15, -0.1) is 0 Å². The van der Waals surface area contributed by atoms with Crippen molar-refractivity contribution in [3.05, 3.63) is 91.1 Å². The highest BCUT2D eigenvalue weighted by molar-refractivity contribution is 14.1. The topological polar surface area (TPSA) is 17.1 Å². The molecule has 0 aliphatic heterocycles. The van der Waals surface area contributed by atoms with Crippen LogP contribution in [-0.4, -0.2) is 5.78 Å². The summed E-state index contributed by atoms with van der Waals surface area (Å²) in [7, 11) is 0. The molecule has 0 saturated carbocycles. The van der Waals surface area contributed by atoms with Crippen LogP contribution in [0.25, 0.3) is 0 Å². The quantitative estimate of drug-likeness (QED) is 0.286. The average molecular weight is 542 g/mol. The molecule has 0 aromatic heterocycles. The van der Waals surface area contributed by atoms with Crippen molar-refractivity contribution in [1.82, 2.24) is 0 Å². The molecule has 0 saturated heterocycles. The van der Waals surface area contributed by atoms with Gasteiger partial charge in [-0.2, -0.15) is 0 Å². The molecule has 0 fully saturated rings. The molecule has 4 heteroatoms. The fourth-order valence-corrected chi connectivity index (χ4v) is 4.04. The maximum atomic E-state index is 12.7. The first kappa shape index (κ1) is 17.0. The molecule has 1 nitrogen and oxygen atoms in total. The van der Waals surface area contributed by atoms with E-state index in [0.717, 1.165) is 23.2 Å². The standard InChI is InChI=1S/C19H12I2OS/c20-14-8-11-18(21)17(12-14)19(22)13-6-9-16(10-7-13)23-15-4-2-1-3-5-15/h1-12H. The number of ketones is 1. The predicted molar refractivity (Wildman–Crippen MR) is 112 cm³/mol. The molecule has 0 spiro atoms. The van der Waals surface area contributed by atoms with Crippen LogP contribution in [0.15, 0.2) is 82.6 Å². The van der Waals surface area contributed by atoms with E-state index in [4.69, 9.17) is 0 Å². The van der Waals surface area contributed by atoms with Crippen LogP contribution in [0.2, 0.25) is 0 Å². The van der Waals surface area contributed by atoms with Crippen LogP contribution < -0.4 is 0 Å². The molecule has 0 aliphatic carbocycles. The van der Waals surface area contributed by atoms with Crippen molar-refractivity contribution in [2.45, 2.75) is 9.79 Å². The lowest BCUT2D eigenvalue weighted by Gasteiger charge is -2.06. The molecule has 0 atom stereocenters. The molecule has 0 N–H and O–H groups in total. The Morgan fingerprint density at radius 2 is 1.43 bits per heavy atom. The molecule has 0 unspecified atom stereocenters. The van der Waals surface area contributed by atoms with Gasteiger partial charge in [-0.1, -0.05) is 30.0 Å². The lowest BCUT2D eigenvalue weighted by atomic mass is 10.0. The zero-order chi connectivity index (χ0) is 16.2. The van der Waals surface area contributed by atoms with Gasteiger partial charge in [-0.3, -0.25) is 4.79 Å². The number of halogens is 2. The molecule has 0 amide bonds. The third-order valence-corrected chi connectivity index (χ3v) is 5.90. The smallest absolute Gasteiger partial charge is 0.194 e. The van der Waals surface area contributed by atoms with E-state index in [0.29, 0.717) is 0 Å². The van der Waals surface area contributed by atoms with E-state index < -0.39 is 0 Å². The number of rotatable bonds is 4. The van der Waals surface area contributed by atoms with Crippen molar-refractivity contribution in [3.8, 4) is 0 Å². The van der Waals surface area contributed by atoms with E-state index in [1.807, 2.05) is 60.7 Å². The van der Waals surface area contributed by atoms with Crippen molar-refractivity contribution in [3.63, 3.8) is 0 Å². The Labute approximate surface area is 167 Å². The van der Waals surface area contributed by atoms with E-state index in [-0.39, 0.29) is 5.78 Å². The Hall–Kier alpha value is -0.860. The molecule has 0 radical (unpaired) electrons. The number of hydrogen-bond donors (Lipinski definition) is 0. The number of benzene rings is 3. The first-order chi connectivity index (χ1) is 11.1. The summed E-state index contributed by atoms with van der Waals surface area (Å²) in [4.78, 5) is 15.0. The third-order valence-electron chi connectivity index (χ3n) is 3.27. The first-order valence-electron chi connectivity index (χ1n) is 6.96. The van der Waals surface area contributed by atoms with Gasteiger partial charge in [0.25, 0.3) is 0 Å². The van der Waals surface area contributed by atoms with Crippen molar-refractivity contribution in [2.75, 3.05) is 0 Å². The Bertz CT molecular complexity index is 830. The van der Waals surface area contributed by atoms with Crippen molar-refractivity contribution in [1.29, 1.82) is 0 Å². The Morgan fingerprint density at radius 3 is 2.13 bits per heavy atom. The second-order valence-electron chi connectivity index (χ2n) is 4.89. The van der Waals surface area contributed by atoms with Crippen molar-refractivity contribution >= 4 is 62.7 Å². The van der Waals surface area contributed by atoms with Crippen LogP contribution in [0.5, 0.6) is 0 Å². The summed E-state index contributed by atoms with van der Waals surface area (Å²) in [6, 6.07) is 24.0. The zero-order valence-corrected chi connectivity index (χ0v) is 17.1. The van der Waals surface area contributed by atoms with Gasteiger partial charge in [0.1, 0.15) is 0 Å². The van der Waals surface area contributed by atoms with Crippen LogP contribution in [0.4, 0.5) is 0 Å². The highest BCUT2D eigenvalue weighted by Gasteiger charge is 2.13. The average Bonchev–Trinajstić information content (AvgIpc) is 2.58. The minimum atomic E-state index is 0.0733. The van der Waals surface area contributed by atoms with Gasteiger partial charge >= 0.3 is 0 Å². The second kappa shape index (κ2) is 7.81. The van der Waals surface area contributed by atoms with E-state index in [1.165, 1.54) is 4.90 Å². The molecule has 3 aromatic rings. The maximum absolute atomic E-state index is 12.7. The third kappa shape index (κ3) is 4.36. The van der Waals surface area contributed by atoms with Gasteiger partial charge in [-0.25, -0.2) is 0 Å². The van der Waals surface area contributed by atoms with Crippen LogP contribution in [-0.2, 0) is 0 Å². The minimum absolute atomic E-state index is 0.0733. The van der Waals surface area contributed by atoms with Crippen molar-refractivity contribution in [2.24, 2.45) is 0 Å². The van der Waals surface area contributed by atoms with E-state index in [1.54, 1.807) is 11.8 Å². The fraction of sp³-hybridized carbons (Fsp3) is 0. The van der Waals surface area contributed by atoms with Crippen molar-refractivity contribution < 1.29 is 4.79 Å². The van der Waals surface area contributed by atoms with Crippen LogP contribution >= 0.6 is 56.9 Å². The summed E-state index contributed by atoms with van der Waals surface area (Å²) >= 11 is 6.14.